The Hall–Kier alpha value is -3.93. The molecule has 0 spiro atoms. The van der Waals surface area contributed by atoms with Gasteiger partial charge in [-0.3, -0.25) is 4.79 Å². The summed E-state index contributed by atoms with van der Waals surface area (Å²) in [6.07, 6.45) is 0. The van der Waals surface area contributed by atoms with Gasteiger partial charge in [0.25, 0.3) is 5.91 Å². The molecule has 3 aromatic carbocycles. The summed E-state index contributed by atoms with van der Waals surface area (Å²) in [5.74, 6) is -1.09. The summed E-state index contributed by atoms with van der Waals surface area (Å²) in [6, 6.07) is 22.0. The third-order valence-corrected chi connectivity index (χ3v) is 4.25. The van der Waals surface area contributed by atoms with Crippen molar-refractivity contribution in [2.45, 2.75) is 13.5 Å². The Balaban J connectivity index is 1.53. The van der Waals surface area contributed by atoms with Gasteiger partial charge in [0.1, 0.15) is 6.61 Å². The SMILES string of the molecule is CCOC(=O)c1ccc(COC(=O)c2ccc(NC(=O)c3ccccc3)cc2)cc1. The Bertz CT molecular complexity index is 1010. The number of anilines is 1. The Morgan fingerprint density at radius 2 is 1.27 bits per heavy atom. The number of rotatable bonds is 7. The Labute approximate surface area is 174 Å². The van der Waals surface area contributed by atoms with Gasteiger partial charge in [-0.05, 0) is 61.0 Å². The maximum absolute atomic E-state index is 12.2. The van der Waals surface area contributed by atoms with E-state index >= 15 is 0 Å². The average molecular weight is 403 g/mol. The summed E-state index contributed by atoms with van der Waals surface area (Å²) in [6.45, 7) is 2.14. The van der Waals surface area contributed by atoms with Crippen LogP contribution in [0.15, 0.2) is 78.9 Å². The van der Waals surface area contributed by atoms with E-state index in [9.17, 15) is 14.4 Å². The summed E-state index contributed by atoms with van der Waals surface area (Å²) >= 11 is 0. The normalized spacial score (nSPS) is 10.2. The van der Waals surface area contributed by atoms with Crippen molar-refractivity contribution >= 4 is 23.5 Å². The Kier molecular flexibility index (Phi) is 6.95. The van der Waals surface area contributed by atoms with Crippen LogP contribution in [0, 0.1) is 0 Å². The minimum atomic E-state index is -0.481. The lowest BCUT2D eigenvalue weighted by molar-refractivity contribution is 0.0469. The van der Waals surface area contributed by atoms with Gasteiger partial charge in [0, 0.05) is 11.3 Å². The molecule has 0 bridgehead atoms. The molecule has 1 N–H and O–H groups in total. The van der Waals surface area contributed by atoms with Crippen molar-refractivity contribution in [2.75, 3.05) is 11.9 Å². The van der Waals surface area contributed by atoms with Crippen molar-refractivity contribution < 1.29 is 23.9 Å². The van der Waals surface area contributed by atoms with E-state index in [2.05, 4.69) is 5.32 Å². The first-order valence-electron chi connectivity index (χ1n) is 9.46. The average Bonchev–Trinajstić information content (AvgIpc) is 2.79. The number of carbonyl (C=O) groups excluding carboxylic acids is 3. The zero-order valence-corrected chi connectivity index (χ0v) is 16.5. The summed E-state index contributed by atoms with van der Waals surface area (Å²) in [7, 11) is 0. The number of hydrogen-bond donors (Lipinski definition) is 1. The van der Waals surface area contributed by atoms with Crippen LogP contribution >= 0.6 is 0 Å². The summed E-state index contributed by atoms with van der Waals surface area (Å²) in [5, 5.41) is 2.78. The molecule has 152 valence electrons. The van der Waals surface area contributed by atoms with E-state index in [1.54, 1.807) is 79.7 Å². The van der Waals surface area contributed by atoms with E-state index in [1.165, 1.54) is 0 Å². The molecule has 30 heavy (non-hydrogen) atoms. The molecule has 0 atom stereocenters. The lowest BCUT2D eigenvalue weighted by atomic mass is 10.1. The van der Waals surface area contributed by atoms with E-state index in [-0.39, 0.29) is 18.5 Å². The van der Waals surface area contributed by atoms with Crippen molar-refractivity contribution in [2.24, 2.45) is 0 Å². The van der Waals surface area contributed by atoms with Crippen LogP contribution in [0.1, 0.15) is 43.6 Å². The first-order valence-corrected chi connectivity index (χ1v) is 9.46. The van der Waals surface area contributed by atoms with Crippen molar-refractivity contribution in [3.05, 3.63) is 101 Å². The molecule has 6 heteroatoms. The van der Waals surface area contributed by atoms with Crippen molar-refractivity contribution in [1.29, 1.82) is 0 Å². The highest BCUT2D eigenvalue weighted by Crippen LogP contribution is 2.14. The monoisotopic (exact) mass is 403 g/mol. The smallest absolute Gasteiger partial charge is 0.338 e. The standard InChI is InChI=1S/C24H21NO5/c1-2-29-23(27)19-10-8-17(9-11-19)16-30-24(28)20-12-14-21(15-13-20)25-22(26)18-6-4-3-5-7-18/h3-15H,2,16H2,1H3,(H,25,26). The molecule has 0 heterocycles. The zero-order chi connectivity index (χ0) is 21.3. The van der Waals surface area contributed by atoms with Gasteiger partial charge in [0.15, 0.2) is 0 Å². The second kappa shape index (κ2) is 10.0. The molecule has 6 nitrogen and oxygen atoms in total. The van der Waals surface area contributed by atoms with Gasteiger partial charge in [-0.1, -0.05) is 30.3 Å². The van der Waals surface area contributed by atoms with Crippen LogP contribution in [0.2, 0.25) is 0 Å². The van der Waals surface area contributed by atoms with Crippen LogP contribution in [-0.2, 0) is 16.1 Å². The molecule has 0 aromatic heterocycles. The maximum atomic E-state index is 12.2. The van der Waals surface area contributed by atoms with Gasteiger partial charge in [-0.15, -0.1) is 0 Å². The van der Waals surface area contributed by atoms with Crippen molar-refractivity contribution in [3.63, 3.8) is 0 Å². The second-order valence-corrected chi connectivity index (χ2v) is 6.39. The lowest BCUT2D eigenvalue weighted by Gasteiger charge is -2.08. The topological polar surface area (TPSA) is 81.7 Å². The maximum Gasteiger partial charge on any atom is 0.338 e. The van der Waals surface area contributed by atoms with Crippen LogP contribution in [0.3, 0.4) is 0 Å². The predicted molar refractivity (Wildman–Crippen MR) is 112 cm³/mol. The number of esters is 2. The molecule has 0 radical (unpaired) electrons. The first-order chi connectivity index (χ1) is 14.6. The summed E-state index contributed by atoms with van der Waals surface area (Å²) < 4.78 is 10.2. The molecule has 3 rings (SSSR count). The molecular formula is C24H21NO5. The van der Waals surface area contributed by atoms with Crippen LogP contribution < -0.4 is 5.32 Å². The third-order valence-electron chi connectivity index (χ3n) is 4.25. The Morgan fingerprint density at radius 1 is 0.700 bits per heavy atom. The minimum absolute atomic E-state index is 0.0778. The van der Waals surface area contributed by atoms with Gasteiger partial charge in [-0.2, -0.15) is 0 Å². The van der Waals surface area contributed by atoms with Gasteiger partial charge in [0.05, 0.1) is 17.7 Å². The number of nitrogens with one attached hydrogen (secondary N) is 1. The third kappa shape index (κ3) is 5.54. The zero-order valence-electron chi connectivity index (χ0n) is 16.5. The van der Waals surface area contributed by atoms with E-state index in [4.69, 9.17) is 9.47 Å². The fourth-order valence-electron chi connectivity index (χ4n) is 2.67. The van der Waals surface area contributed by atoms with Gasteiger partial charge in [-0.25, -0.2) is 9.59 Å². The molecule has 0 aliphatic rings. The molecular weight excluding hydrogens is 382 g/mol. The highest BCUT2D eigenvalue weighted by Gasteiger charge is 2.10. The fraction of sp³-hybridized carbons (Fsp3) is 0.125. The van der Waals surface area contributed by atoms with Crippen LogP contribution in [-0.4, -0.2) is 24.5 Å². The fourth-order valence-corrected chi connectivity index (χ4v) is 2.67. The van der Waals surface area contributed by atoms with Crippen molar-refractivity contribution in [3.8, 4) is 0 Å². The lowest BCUT2D eigenvalue weighted by Crippen LogP contribution is -2.12. The van der Waals surface area contributed by atoms with E-state index in [0.29, 0.717) is 29.0 Å². The van der Waals surface area contributed by atoms with E-state index < -0.39 is 5.97 Å². The Morgan fingerprint density at radius 3 is 1.87 bits per heavy atom. The largest absolute Gasteiger partial charge is 0.462 e. The predicted octanol–water partition coefficient (Wildman–Crippen LogP) is 4.47. The van der Waals surface area contributed by atoms with Crippen LogP contribution in [0.25, 0.3) is 0 Å². The molecule has 1 amide bonds. The summed E-state index contributed by atoms with van der Waals surface area (Å²) in [4.78, 5) is 36.1. The molecule has 0 saturated carbocycles. The molecule has 3 aromatic rings. The van der Waals surface area contributed by atoms with E-state index in [1.807, 2.05) is 6.07 Å². The second-order valence-electron chi connectivity index (χ2n) is 6.39. The molecule has 0 fully saturated rings. The quantitative estimate of drug-likeness (QED) is 0.589. The highest BCUT2D eigenvalue weighted by atomic mass is 16.5. The van der Waals surface area contributed by atoms with Gasteiger partial charge < -0.3 is 14.8 Å². The highest BCUT2D eigenvalue weighted by molar-refractivity contribution is 6.04. The van der Waals surface area contributed by atoms with Crippen LogP contribution in [0.4, 0.5) is 5.69 Å². The number of hydrogen-bond acceptors (Lipinski definition) is 5. The van der Waals surface area contributed by atoms with Crippen LogP contribution in [0.5, 0.6) is 0 Å². The molecule has 0 saturated heterocycles. The van der Waals surface area contributed by atoms with Gasteiger partial charge >= 0.3 is 11.9 Å². The minimum Gasteiger partial charge on any atom is -0.462 e. The number of benzene rings is 3. The first kappa shape index (κ1) is 20.8. The molecule has 0 aliphatic carbocycles. The van der Waals surface area contributed by atoms with Gasteiger partial charge in [0.2, 0.25) is 0 Å². The summed E-state index contributed by atoms with van der Waals surface area (Å²) in [5.41, 5.74) is 2.70. The molecule has 0 unspecified atom stereocenters. The number of carbonyl (C=O) groups is 3. The van der Waals surface area contributed by atoms with E-state index in [0.717, 1.165) is 5.56 Å². The molecule has 0 aliphatic heterocycles. The van der Waals surface area contributed by atoms with Crippen molar-refractivity contribution in [1.82, 2.24) is 0 Å². The number of ether oxygens (including phenoxy) is 2. The number of amides is 1.